The van der Waals surface area contributed by atoms with E-state index in [9.17, 15) is 0 Å². The van der Waals surface area contributed by atoms with Crippen LogP contribution in [0.2, 0.25) is 0 Å². The van der Waals surface area contributed by atoms with Crippen LogP contribution >= 0.6 is 0 Å². The van der Waals surface area contributed by atoms with Crippen molar-refractivity contribution >= 4 is 0 Å². The van der Waals surface area contributed by atoms with Crippen molar-refractivity contribution < 1.29 is 49.0 Å². The third-order valence-electron chi connectivity index (χ3n) is 2.02. The van der Waals surface area contributed by atoms with Gasteiger partial charge in [-0.2, -0.15) is 0 Å². The van der Waals surface area contributed by atoms with Crippen molar-refractivity contribution in [3.8, 4) is 0 Å². The minimum Gasteiger partial charge on any atom is -0.870 e. The summed E-state index contributed by atoms with van der Waals surface area (Å²) in [4.78, 5) is 6.41. The Balaban J connectivity index is -0.0000000344. The van der Waals surface area contributed by atoms with Crippen molar-refractivity contribution in [3.63, 3.8) is 0 Å². The number of hydrogen-bond acceptors (Lipinski definition) is 3. The zero-order valence-corrected chi connectivity index (χ0v) is 16.5. The molecule has 0 aliphatic rings. The van der Waals surface area contributed by atoms with Gasteiger partial charge in [0.2, 0.25) is 13.1 Å². The molecule has 137 valence electrons. The van der Waals surface area contributed by atoms with Gasteiger partial charge in [-0.1, -0.05) is 0 Å². The van der Waals surface area contributed by atoms with E-state index in [1.165, 1.54) is 0 Å². The molecule has 0 heterocycles. The van der Waals surface area contributed by atoms with Crippen LogP contribution in [0.25, 0.3) is 9.69 Å². The molecular weight excluding hydrogens is 403 g/mol. The van der Waals surface area contributed by atoms with Gasteiger partial charge < -0.3 is 24.6 Å². The van der Waals surface area contributed by atoms with Crippen LogP contribution in [0.15, 0.2) is 0 Å². The van der Waals surface area contributed by atoms with Crippen molar-refractivity contribution in [3.05, 3.63) is 42.8 Å². The molecule has 0 aromatic rings. The summed E-state index contributed by atoms with van der Waals surface area (Å²) < 4.78 is 32.4. The molecule has 0 unspecified atom stereocenters. The molecule has 1 N–H and O–H groups in total. The molecule has 0 bridgehead atoms. The Hall–Kier alpha value is -1.27. The Bertz CT molecular complexity index is 336. The number of nitrogens with zero attached hydrogens (tertiary/aromatic N) is 2. The number of hydrogen-bond donors (Lipinski definition) is 0. The van der Waals surface area contributed by atoms with Crippen LogP contribution < -0.4 is 0 Å². The summed E-state index contributed by atoms with van der Waals surface area (Å²) in [5.41, 5.74) is -0.524. The molecule has 0 aliphatic heterocycles. The van der Waals surface area contributed by atoms with E-state index >= 15 is 0 Å². The van der Waals surface area contributed by atoms with E-state index in [1.54, 1.807) is 14.2 Å². The SMILES string of the molecule is [99Tc].[C-]#[N+]CC(C)(C)OC.[C-]#[N+]CC(C)(C)OC.[C-]#[O+].[C-]#[O+].[C-]#[O+].[OH-]. The van der Waals surface area contributed by atoms with Gasteiger partial charge in [-0.25, -0.2) is 13.1 Å². The topological polar surface area (TPSA) is 117 Å². The van der Waals surface area contributed by atoms with E-state index in [1.807, 2.05) is 27.7 Å². The third kappa shape index (κ3) is 49.8. The number of rotatable bonds is 4. The molecule has 0 spiro atoms. The standard InChI is InChI=1S/2C6H11NO.3CO.H2O.Tc/c2*1-6(2,8-4)5-7-3;3*1-2;;/h2*5H2,1-2,4H3;;;;1H2;/p-1/i;;;;;;1+1. The second-order valence-corrected chi connectivity index (χ2v) is 4.56. The summed E-state index contributed by atoms with van der Waals surface area (Å²) in [5, 5.41) is 0. The minimum atomic E-state index is -0.262. The quantitative estimate of drug-likeness (QED) is 0.507. The third-order valence-corrected chi connectivity index (χ3v) is 2.02. The van der Waals surface area contributed by atoms with Crippen LogP contribution in [0.1, 0.15) is 27.7 Å². The van der Waals surface area contributed by atoms with Crippen molar-refractivity contribution in [2.45, 2.75) is 38.9 Å². The minimum absolute atomic E-state index is 0. The van der Waals surface area contributed by atoms with Gasteiger partial charge in [0.15, 0.2) is 0 Å². The Labute approximate surface area is 158 Å². The molecule has 0 atom stereocenters. The first kappa shape index (κ1) is 43.4. The van der Waals surface area contributed by atoms with E-state index in [0.717, 1.165) is 0 Å². The van der Waals surface area contributed by atoms with E-state index < -0.39 is 0 Å². The predicted octanol–water partition coefficient (Wildman–Crippen LogP) is 2.37. The van der Waals surface area contributed by atoms with Gasteiger partial charge in [-0.05, 0) is 27.7 Å². The van der Waals surface area contributed by atoms with Gasteiger partial charge in [-0.15, -0.1) is 0 Å². The van der Waals surface area contributed by atoms with Gasteiger partial charge in [0, 0.05) is 34.3 Å². The first-order valence-electron chi connectivity index (χ1n) is 5.62. The Morgan fingerprint density at radius 2 is 0.875 bits per heavy atom. The number of methoxy groups -OCH3 is 2. The molecule has 0 rings (SSSR count). The van der Waals surface area contributed by atoms with Crippen LogP contribution in [-0.2, 0) is 43.5 Å². The molecular formula is C15H23N2O6Tc-. The molecule has 0 saturated carbocycles. The van der Waals surface area contributed by atoms with Crippen molar-refractivity contribution in [2.24, 2.45) is 0 Å². The van der Waals surface area contributed by atoms with E-state index in [-0.39, 0.29) is 36.8 Å². The molecule has 9 heteroatoms. The monoisotopic (exact) mass is 426 g/mol. The molecule has 0 aliphatic carbocycles. The molecule has 0 fully saturated rings. The summed E-state index contributed by atoms with van der Waals surface area (Å²) in [6.07, 6.45) is 0. The molecule has 0 aromatic heterocycles. The zero-order valence-electron chi connectivity index (χ0n) is 14.7. The fourth-order valence-corrected chi connectivity index (χ4v) is 0.510. The summed E-state index contributed by atoms with van der Waals surface area (Å²) in [7, 11) is 3.23. The Morgan fingerprint density at radius 1 is 0.708 bits per heavy atom. The van der Waals surface area contributed by atoms with Gasteiger partial charge in [0.25, 0.3) is 0 Å². The Morgan fingerprint density at radius 3 is 0.917 bits per heavy atom. The van der Waals surface area contributed by atoms with Gasteiger partial charge in [-0.3, -0.25) is 0 Å². The van der Waals surface area contributed by atoms with Gasteiger partial charge in [0.05, 0.1) is 0 Å². The van der Waals surface area contributed by atoms with Gasteiger partial charge in [0.1, 0.15) is 11.2 Å². The molecule has 1 radical (unpaired) electrons. The maximum Gasteiger partial charge on any atom is -0.870 e. The maximum atomic E-state index is 7.50. The van der Waals surface area contributed by atoms with E-state index in [4.69, 9.17) is 36.6 Å². The zero-order chi connectivity index (χ0) is 19.2. The average Bonchev–Trinajstić information content (AvgIpc) is 2.54. The average molecular weight is 426 g/mol. The fraction of sp³-hybridized carbons (Fsp3) is 0.667. The molecule has 24 heavy (non-hydrogen) atoms. The predicted molar refractivity (Wildman–Crippen MR) is 78.8 cm³/mol. The van der Waals surface area contributed by atoms with Gasteiger partial charge >= 0.3 is 33.9 Å². The maximum absolute atomic E-state index is 7.50. The van der Waals surface area contributed by atoms with Crippen LogP contribution in [0.5, 0.6) is 0 Å². The Kier molecular flexibility index (Phi) is 60.3. The summed E-state index contributed by atoms with van der Waals surface area (Å²) in [6, 6.07) is 0. The normalized spacial score (nSPS) is 7.42. The van der Waals surface area contributed by atoms with E-state index in [2.05, 4.69) is 29.6 Å². The van der Waals surface area contributed by atoms with Crippen LogP contribution in [-0.4, -0.2) is 44.0 Å². The smallest absolute Gasteiger partial charge is 0.870 e. The second kappa shape index (κ2) is 33.4. The van der Waals surface area contributed by atoms with Crippen molar-refractivity contribution in [2.75, 3.05) is 27.3 Å². The summed E-state index contributed by atoms with van der Waals surface area (Å²) >= 11 is 0. The molecule has 0 aromatic carbocycles. The molecule has 0 saturated heterocycles. The van der Waals surface area contributed by atoms with E-state index in [0.29, 0.717) is 13.1 Å². The van der Waals surface area contributed by atoms with Crippen molar-refractivity contribution in [1.82, 2.24) is 0 Å². The van der Waals surface area contributed by atoms with Crippen LogP contribution in [0.4, 0.5) is 0 Å². The first-order valence-corrected chi connectivity index (χ1v) is 5.62. The summed E-state index contributed by atoms with van der Waals surface area (Å²) in [5.74, 6) is 0. The first-order chi connectivity index (χ1) is 10.2. The number of ether oxygens (including phenoxy) is 2. The van der Waals surface area contributed by atoms with Crippen LogP contribution in [0.3, 0.4) is 0 Å². The largest absolute Gasteiger partial charge is 0.870 e. The second-order valence-electron chi connectivity index (χ2n) is 4.56. The molecule has 8 nitrogen and oxygen atoms in total. The van der Waals surface area contributed by atoms with Crippen LogP contribution in [0, 0.1) is 33.1 Å². The molecule has 0 amide bonds. The fourth-order valence-electron chi connectivity index (χ4n) is 0.510. The summed E-state index contributed by atoms with van der Waals surface area (Å²) in [6.45, 7) is 35.0. The van der Waals surface area contributed by atoms with Crippen molar-refractivity contribution in [1.29, 1.82) is 0 Å².